The molecule has 22 heavy (non-hydrogen) atoms. The van der Waals surface area contributed by atoms with Crippen LogP contribution in [0, 0.1) is 6.92 Å². The molecule has 1 atom stereocenters. The third kappa shape index (κ3) is 3.50. The lowest BCUT2D eigenvalue weighted by molar-refractivity contribution is -0.131. The average Bonchev–Trinajstić information content (AvgIpc) is 2.90. The number of thioether (sulfide) groups is 1. The van der Waals surface area contributed by atoms with Crippen LogP contribution in [0.2, 0.25) is 0 Å². The second-order valence-electron chi connectivity index (χ2n) is 5.48. The standard InChI is InChI=1S/C16H20N4OS/c1-13-4-2-3-5-14(13)15-6-7-19(8-9-22-15)16(21)10-20-12-17-11-18-20/h2-5,11-12,15H,6-10H2,1H3/t15-/m1/s1. The van der Waals surface area contributed by atoms with Crippen molar-refractivity contribution in [3.63, 3.8) is 0 Å². The average molecular weight is 316 g/mol. The van der Waals surface area contributed by atoms with Gasteiger partial charge in [-0.15, -0.1) is 0 Å². The van der Waals surface area contributed by atoms with E-state index in [-0.39, 0.29) is 12.5 Å². The van der Waals surface area contributed by atoms with Gasteiger partial charge in [0.05, 0.1) is 0 Å². The summed E-state index contributed by atoms with van der Waals surface area (Å²) in [4.78, 5) is 18.2. The van der Waals surface area contributed by atoms with Gasteiger partial charge in [0.1, 0.15) is 19.2 Å². The van der Waals surface area contributed by atoms with E-state index in [0.717, 1.165) is 25.3 Å². The predicted molar refractivity (Wildman–Crippen MR) is 87.6 cm³/mol. The maximum absolute atomic E-state index is 12.4. The van der Waals surface area contributed by atoms with E-state index in [1.165, 1.54) is 17.5 Å². The molecule has 1 saturated heterocycles. The molecule has 0 bridgehead atoms. The van der Waals surface area contributed by atoms with Crippen molar-refractivity contribution >= 4 is 17.7 Å². The number of hydrogen-bond donors (Lipinski definition) is 0. The molecule has 1 aliphatic heterocycles. The van der Waals surface area contributed by atoms with Crippen LogP contribution in [0.15, 0.2) is 36.9 Å². The van der Waals surface area contributed by atoms with Gasteiger partial charge in [-0.3, -0.25) is 4.79 Å². The Balaban J connectivity index is 1.62. The van der Waals surface area contributed by atoms with E-state index in [2.05, 4.69) is 41.3 Å². The van der Waals surface area contributed by atoms with Crippen LogP contribution in [0.25, 0.3) is 0 Å². The van der Waals surface area contributed by atoms with Gasteiger partial charge in [-0.05, 0) is 24.5 Å². The number of carbonyl (C=O) groups is 1. The number of nitrogens with zero attached hydrogens (tertiary/aromatic N) is 4. The summed E-state index contributed by atoms with van der Waals surface area (Å²) in [5.74, 6) is 1.10. The molecule has 2 aromatic rings. The number of aromatic nitrogens is 3. The fourth-order valence-corrected chi connectivity index (χ4v) is 4.10. The van der Waals surface area contributed by atoms with Crippen molar-refractivity contribution < 1.29 is 4.79 Å². The molecule has 1 aliphatic rings. The zero-order valence-corrected chi connectivity index (χ0v) is 13.5. The quantitative estimate of drug-likeness (QED) is 0.872. The first-order valence-electron chi connectivity index (χ1n) is 7.51. The number of benzene rings is 1. The minimum atomic E-state index is 0.122. The highest BCUT2D eigenvalue weighted by molar-refractivity contribution is 7.99. The third-order valence-electron chi connectivity index (χ3n) is 3.99. The fourth-order valence-electron chi connectivity index (χ4n) is 2.77. The molecular formula is C16H20N4OS. The minimum Gasteiger partial charge on any atom is -0.340 e. The summed E-state index contributed by atoms with van der Waals surface area (Å²) >= 11 is 1.95. The van der Waals surface area contributed by atoms with Gasteiger partial charge >= 0.3 is 0 Å². The van der Waals surface area contributed by atoms with Gasteiger partial charge in [-0.25, -0.2) is 9.67 Å². The summed E-state index contributed by atoms with van der Waals surface area (Å²) < 4.78 is 1.58. The Hall–Kier alpha value is -1.82. The molecule has 2 heterocycles. The smallest absolute Gasteiger partial charge is 0.244 e. The first kappa shape index (κ1) is 15.1. The van der Waals surface area contributed by atoms with Crippen LogP contribution < -0.4 is 0 Å². The lowest BCUT2D eigenvalue weighted by atomic mass is 10.0. The highest BCUT2D eigenvalue weighted by Gasteiger charge is 2.23. The van der Waals surface area contributed by atoms with Gasteiger partial charge in [0.15, 0.2) is 0 Å². The van der Waals surface area contributed by atoms with Crippen molar-refractivity contribution in [1.82, 2.24) is 19.7 Å². The van der Waals surface area contributed by atoms with E-state index >= 15 is 0 Å². The highest BCUT2D eigenvalue weighted by atomic mass is 32.2. The van der Waals surface area contributed by atoms with E-state index in [1.54, 1.807) is 11.0 Å². The van der Waals surface area contributed by atoms with E-state index in [1.807, 2.05) is 16.7 Å². The molecule has 1 aromatic carbocycles. The largest absolute Gasteiger partial charge is 0.340 e. The van der Waals surface area contributed by atoms with Gasteiger partial charge in [0, 0.05) is 24.1 Å². The zero-order chi connectivity index (χ0) is 15.4. The van der Waals surface area contributed by atoms with Gasteiger partial charge < -0.3 is 4.90 Å². The Bertz CT molecular complexity index is 629. The maximum atomic E-state index is 12.4. The van der Waals surface area contributed by atoms with Crippen LogP contribution in [0.5, 0.6) is 0 Å². The zero-order valence-electron chi connectivity index (χ0n) is 12.7. The van der Waals surface area contributed by atoms with Crippen molar-refractivity contribution in [2.45, 2.75) is 25.1 Å². The van der Waals surface area contributed by atoms with Crippen molar-refractivity contribution in [2.75, 3.05) is 18.8 Å². The normalized spacial score (nSPS) is 19.0. The molecule has 1 amide bonds. The summed E-state index contributed by atoms with van der Waals surface area (Å²) in [6.07, 6.45) is 4.04. The molecule has 0 unspecified atom stereocenters. The predicted octanol–water partition coefficient (Wildman–Crippen LogP) is 2.29. The van der Waals surface area contributed by atoms with Gasteiger partial charge in [0.2, 0.25) is 5.91 Å². The fraction of sp³-hybridized carbons (Fsp3) is 0.438. The summed E-state index contributed by atoms with van der Waals surface area (Å²) in [5, 5.41) is 4.48. The molecule has 5 nitrogen and oxygen atoms in total. The lowest BCUT2D eigenvalue weighted by Gasteiger charge is -2.20. The Morgan fingerprint density at radius 2 is 2.23 bits per heavy atom. The number of hydrogen-bond acceptors (Lipinski definition) is 4. The van der Waals surface area contributed by atoms with Gasteiger partial charge in [-0.1, -0.05) is 24.3 Å². The first-order chi connectivity index (χ1) is 10.7. The summed E-state index contributed by atoms with van der Waals surface area (Å²) in [6.45, 7) is 4.05. The van der Waals surface area contributed by atoms with E-state index in [0.29, 0.717) is 5.25 Å². The Morgan fingerprint density at radius 1 is 1.36 bits per heavy atom. The molecule has 3 rings (SSSR count). The summed E-state index contributed by atoms with van der Waals surface area (Å²) in [6, 6.07) is 8.55. The van der Waals surface area contributed by atoms with E-state index < -0.39 is 0 Å². The molecule has 0 radical (unpaired) electrons. The van der Waals surface area contributed by atoms with Crippen LogP contribution in [0.1, 0.15) is 22.8 Å². The van der Waals surface area contributed by atoms with E-state index in [4.69, 9.17) is 0 Å². The molecule has 116 valence electrons. The van der Waals surface area contributed by atoms with Gasteiger partial charge in [0.25, 0.3) is 0 Å². The first-order valence-corrected chi connectivity index (χ1v) is 8.56. The van der Waals surface area contributed by atoms with Crippen molar-refractivity contribution in [3.05, 3.63) is 48.0 Å². The van der Waals surface area contributed by atoms with E-state index in [9.17, 15) is 4.79 Å². The lowest BCUT2D eigenvalue weighted by Crippen LogP contribution is -2.35. The molecule has 1 aromatic heterocycles. The number of amides is 1. The monoisotopic (exact) mass is 316 g/mol. The van der Waals surface area contributed by atoms with Crippen molar-refractivity contribution in [3.8, 4) is 0 Å². The van der Waals surface area contributed by atoms with Crippen LogP contribution in [0.3, 0.4) is 0 Å². The molecule has 6 heteroatoms. The number of carbonyl (C=O) groups excluding carboxylic acids is 1. The Labute approximate surface area is 134 Å². The maximum Gasteiger partial charge on any atom is 0.244 e. The Kier molecular flexibility index (Phi) is 4.77. The van der Waals surface area contributed by atoms with Crippen LogP contribution in [-0.2, 0) is 11.3 Å². The van der Waals surface area contributed by atoms with Crippen LogP contribution in [-0.4, -0.2) is 44.4 Å². The summed E-state index contributed by atoms with van der Waals surface area (Å²) in [7, 11) is 0. The second-order valence-corrected chi connectivity index (χ2v) is 6.79. The molecule has 1 fully saturated rings. The Morgan fingerprint density at radius 3 is 3.00 bits per heavy atom. The second kappa shape index (κ2) is 6.96. The van der Waals surface area contributed by atoms with Crippen molar-refractivity contribution in [2.24, 2.45) is 0 Å². The van der Waals surface area contributed by atoms with Gasteiger partial charge in [-0.2, -0.15) is 16.9 Å². The number of aryl methyl sites for hydroxylation is 1. The SMILES string of the molecule is Cc1ccccc1[C@H]1CCN(C(=O)Cn2cncn2)CCS1. The number of rotatable bonds is 3. The highest BCUT2D eigenvalue weighted by Crippen LogP contribution is 2.35. The van der Waals surface area contributed by atoms with Crippen LogP contribution in [0.4, 0.5) is 0 Å². The topological polar surface area (TPSA) is 51.0 Å². The molecule has 0 aliphatic carbocycles. The molecule has 0 spiro atoms. The summed E-state index contributed by atoms with van der Waals surface area (Å²) in [5.41, 5.74) is 2.74. The molecule has 0 saturated carbocycles. The third-order valence-corrected chi connectivity index (χ3v) is 5.30. The van der Waals surface area contributed by atoms with Crippen LogP contribution >= 0.6 is 11.8 Å². The van der Waals surface area contributed by atoms with Crippen molar-refractivity contribution in [1.29, 1.82) is 0 Å². The minimum absolute atomic E-state index is 0.122. The molecule has 0 N–H and O–H groups in total. The molecular weight excluding hydrogens is 296 g/mol.